The quantitative estimate of drug-likeness (QED) is 0.178. The van der Waals surface area contributed by atoms with Crippen molar-refractivity contribution in [2.75, 3.05) is 7.05 Å². The summed E-state index contributed by atoms with van der Waals surface area (Å²) in [6, 6.07) is -0.468. The van der Waals surface area contributed by atoms with Crippen LogP contribution in [0.15, 0.2) is 0 Å². The lowest BCUT2D eigenvalue weighted by Crippen LogP contribution is -2.61. The van der Waals surface area contributed by atoms with Gasteiger partial charge in [-0.3, -0.25) is 29.0 Å². The van der Waals surface area contributed by atoms with E-state index in [-0.39, 0.29) is 31.2 Å². The van der Waals surface area contributed by atoms with E-state index >= 15 is 26.3 Å². The van der Waals surface area contributed by atoms with Crippen LogP contribution in [0.25, 0.3) is 0 Å². The van der Waals surface area contributed by atoms with Gasteiger partial charge in [-0.1, -0.05) is 6.92 Å². The van der Waals surface area contributed by atoms with Crippen LogP contribution in [0.1, 0.15) is 155 Å². The van der Waals surface area contributed by atoms with Crippen LogP contribution in [-0.4, -0.2) is 83.3 Å². The first-order valence-corrected chi connectivity index (χ1v) is 25.0. The van der Waals surface area contributed by atoms with Crippen molar-refractivity contribution in [3.05, 3.63) is 0 Å². The average Bonchev–Trinajstić information content (AvgIpc) is 3.60. The molecule has 9 aliphatic carbocycles. The smallest absolute Gasteiger partial charge is 0.375 e. The fourth-order valence-corrected chi connectivity index (χ4v) is 17.1. The number of amides is 4. The minimum absolute atomic E-state index is 0.0452. The predicted octanol–water partition coefficient (Wildman–Crippen LogP) is 10.2. The summed E-state index contributed by atoms with van der Waals surface area (Å²) < 4.78 is 106. The highest BCUT2D eigenvalue weighted by Crippen LogP contribution is 2.68. The second-order valence-corrected chi connectivity index (χ2v) is 23.0. The van der Waals surface area contributed by atoms with Gasteiger partial charge in [0.2, 0.25) is 23.6 Å². The number of ether oxygens (including phenoxy) is 2. The maximum absolute atomic E-state index is 15.4. The Labute approximate surface area is 368 Å². The van der Waals surface area contributed by atoms with E-state index in [1.54, 1.807) is 0 Å². The Morgan fingerprint density at radius 1 is 0.508 bits per heavy atom. The second kappa shape index (κ2) is 16.2. The van der Waals surface area contributed by atoms with E-state index < -0.39 is 109 Å². The monoisotopic (exact) mass is 894 g/mol. The van der Waals surface area contributed by atoms with Gasteiger partial charge in [0.15, 0.2) is 5.41 Å². The molecule has 2 aliphatic heterocycles. The molecule has 9 atom stereocenters. The highest BCUT2D eigenvalue weighted by Gasteiger charge is 2.78. The molecule has 2 saturated heterocycles. The van der Waals surface area contributed by atoms with Crippen LogP contribution in [-0.2, 0) is 28.7 Å². The Morgan fingerprint density at radius 3 is 1.52 bits per heavy atom. The highest BCUT2D eigenvalue weighted by atomic mass is 19.4. The van der Waals surface area contributed by atoms with Crippen LogP contribution in [0.4, 0.5) is 26.3 Å². The van der Waals surface area contributed by atoms with Crippen LogP contribution < -0.4 is 0 Å². The topological polar surface area (TPSA) is 93.2 Å². The molecule has 8 nitrogen and oxygen atoms in total. The van der Waals surface area contributed by atoms with E-state index in [4.69, 9.17) is 9.47 Å². The first-order valence-electron chi connectivity index (χ1n) is 25.0. The van der Waals surface area contributed by atoms with E-state index in [0.717, 1.165) is 60.7 Å². The zero-order valence-corrected chi connectivity index (χ0v) is 37.1. The second-order valence-electron chi connectivity index (χ2n) is 23.0. The van der Waals surface area contributed by atoms with Crippen molar-refractivity contribution in [3.8, 4) is 0 Å². The largest absolute Gasteiger partial charge is 0.403 e. The summed E-state index contributed by atoms with van der Waals surface area (Å²) in [5.74, 6) is -7.04. The van der Waals surface area contributed by atoms with Crippen molar-refractivity contribution < 1.29 is 55.0 Å². The number of carbonyl (C=O) groups excluding carboxylic acids is 4. The molecule has 11 aliphatic rings. The number of halogens is 6. The van der Waals surface area contributed by atoms with Crippen LogP contribution in [0.3, 0.4) is 0 Å². The number of hydrogen-bond acceptors (Lipinski definition) is 6. The Balaban J connectivity index is 0.797. The highest BCUT2D eigenvalue weighted by molar-refractivity contribution is 6.06. The van der Waals surface area contributed by atoms with Gasteiger partial charge in [0, 0.05) is 13.1 Å². The Kier molecular flexibility index (Phi) is 11.5. The lowest BCUT2D eigenvalue weighted by atomic mass is 9.45. The van der Waals surface area contributed by atoms with Gasteiger partial charge in [-0.2, -0.15) is 26.3 Å². The minimum atomic E-state index is -5.74. The van der Waals surface area contributed by atoms with Gasteiger partial charge in [-0.25, -0.2) is 0 Å². The summed E-state index contributed by atoms with van der Waals surface area (Å²) in [4.78, 5) is 55.6. The van der Waals surface area contributed by atoms with E-state index in [1.807, 2.05) is 0 Å². The third kappa shape index (κ3) is 7.44. The first kappa shape index (κ1) is 44.6. The Morgan fingerprint density at radius 2 is 0.968 bits per heavy atom. The molecule has 14 heteroatoms. The number of carbonyl (C=O) groups is 4. The molecule has 11 rings (SSSR count). The molecule has 9 saturated carbocycles. The van der Waals surface area contributed by atoms with Crippen LogP contribution in [0, 0.1) is 75.9 Å². The maximum atomic E-state index is 15.4. The number of hydrogen-bond donors (Lipinski definition) is 0. The standard InChI is InChI=1S/C49H68F6N2O6/c1-26-3-9-34(10-4-26)63-41-16-13-35(22-40(41)46-23-27-17-28(24-46)19-29(18-27)25-46)62-33-11-7-32(8-12-33)57-44(60)37-15-6-31(21-39(37)45(57)61)47(48(50,51)52,49(53,54)55)30-5-14-36-38(20-30)43(59)56(2)42(36)58/h26-41H,3-25H2,1-2H3. The summed E-state index contributed by atoms with van der Waals surface area (Å²) >= 11 is 0. The molecule has 63 heavy (non-hydrogen) atoms. The lowest BCUT2D eigenvalue weighted by Gasteiger charge is -2.62. The number of fused-ring (bicyclic) bond motifs is 2. The summed E-state index contributed by atoms with van der Waals surface area (Å²) in [5.41, 5.74) is -3.85. The number of imide groups is 2. The van der Waals surface area contributed by atoms with E-state index in [2.05, 4.69) is 6.92 Å². The fraction of sp³-hybridized carbons (Fsp3) is 0.918. The van der Waals surface area contributed by atoms with Gasteiger partial charge in [0.1, 0.15) is 0 Å². The summed E-state index contributed by atoms with van der Waals surface area (Å²) in [5, 5.41) is 0. The Hall–Kier alpha value is -2.22. The Bertz CT molecular complexity index is 1740. The molecule has 11 fully saturated rings. The van der Waals surface area contributed by atoms with E-state index in [1.165, 1.54) is 63.3 Å². The molecule has 0 aromatic heterocycles. The van der Waals surface area contributed by atoms with E-state index in [0.29, 0.717) is 43.1 Å². The zero-order chi connectivity index (χ0) is 44.4. The van der Waals surface area contributed by atoms with Gasteiger partial charge >= 0.3 is 12.4 Å². The average molecular weight is 895 g/mol. The van der Waals surface area contributed by atoms with E-state index in [9.17, 15) is 19.2 Å². The molecular formula is C49H68F6N2O6. The SMILES string of the molecule is CC1CCC(OC2CCC(OC3CCC(N4C(=O)C5CCC(C(C6CCC7C(=O)N(C)C(=O)C7C6)(C(F)(F)F)C(F)(F)F)CC5C4=O)CC3)CC2C23CC4CC(CC(C4)C2)C3)CC1. The lowest BCUT2D eigenvalue weighted by molar-refractivity contribution is -0.383. The molecule has 9 unspecified atom stereocenters. The molecule has 2 heterocycles. The number of alkyl halides is 6. The van der Waals surface area contributed by atoms with Crippen LogP contribution >= 0.6 is 0 Å². The van der Waals surface area contributed by atoms with Gasteiger partial charge in [0.05, 0.1) is 48.1 Å². The molecule has 0 N–H and O–H groups in total. The number of nitrogens with zero attached hydrogens (tertiary/aromatic N) is 2. The van der Waals surface area contributed by atoms with Crippen LogP contribution in [0.2, 0.25) is 0 Å². The molecule has 4 amide bonds. The summed E-state index contributed by atoms with van der Waals surface area (Å²) in [6.07, 6.45) is 4.34. The van der Waals surface area contributed by atoms with Gasteiger partial charge in [-0.15, -0.1) is 0 Å². The van der Waals surface area contributed by atoms with Crippen LogP contribution in [0.5, 0.6) is 0 Å². The molecule has 0 aromatic rings. The molecule has 0 radical (unpaired) electrons. The molecule has 4 bridgehead atoms. The van der Waals surface area contributed by atoms with Crippen molar-refractivity contribution in [2.24, 2.45) is 75.9 Å². The maximum Gasteiger partial charge on any atom is 0.403 e. The fourth-order valence-electron chi connectivity index (χ4n) is 17.1. The number of likely N-dealkylation sites (tertiary alicyclic amines) is 2. The normalized spacial score (nSPS) is 45.8. The molecule has 0 aromatic carbocycles. The van der Waals surface area contributed by atoms with Crippen molar-refractivity contribution >= 4 is 23.6 Å². The molecule has 0 spiro atoms. The first-order chi connectivity index (χ1) is 29.9. The summed E-state index contributed by atoms with van der Waals surface area (Å²) in [7, 11) is 1.21. The minimum Gasteiger partial charge on any atom is -0.375 e. The third-order valence-electron chi connectivity index (χ3n) is 19.7. The van der Waals surface area contributed by atoms with Crippen molar-refractivity contribution in [2.45, 2.75) is 197 Å². The van der Waals surface area contributed by atoms with Gasteiger partial charge < -0.3 is 9.47 Å². The van der Waals surface area contributed by atoms with Gasteiger partial charge in [-0.05, 0) is 195 Å². The van der Waals surface area contributed by atoms with Crippen molar-refractivity contribution in [1.29, 1.82) is 0 Å². The molecule has 352 valence electrons. The van der Waals surface area contributed by atoms with Crippen molar-refractivity contribution in [1.82, 2.24) is 9.80 Å². The summed E-state index contributed by atoms with van der Waals surface area (Å²) in [6.45, 7) is 2.34. The van der Waals surface area contributed by atoms with Crippen molar-refractivity contribution in [3.63, 3.8) is 0 Å². The van der Waals surface area contributed by atoms with Gasteiger partial charge in [0.25, 0.3) is 0 Å². The molecular weight excluding hydrogens is 827 g/mol. The zero-order valence-electron chi connectivity index (χ0n) is 37.1. The third-order valence-corrected chi connectivity index (χ3v) is 19.7. The number of rotatable bonds is 8. The predicted molar refractivity (Wildman–Crippen MR) is 218 cm³/mol.